The smallest absolute Gasteiger partial charge is 0.349 e. The van der Waals surface area contributed by atoms with E-state index in [0.29, 0.717) is 19.8 Å². The highest BCUT2D eigenvalue weighted by Gasteiger charge is 2.40. The van der Waals surface area contributed by atoms with Gasteiger partial charge >= 0.3 is 5.97 Å². The maximum Gasteiger partial charge on any atom is 0.349 e. The molecule has 9 heteroatoms. The molecule has 1 N–H and O–H groups in total. The van der Waals surface area contributed by atoms with Crippen molar-refractivity contribution >= 4 is 27.3 Å². The summed E-state index contributed by atoms with van der Waals surface area (Å²) in [5.74, 6) is -0.624. The zero-order valence-corrected chi connectivity index (χ0v) is 16.7. The monoisotopic (exact) mass is 402 g/mol. The molecule has 2 aliphatic rings. The zero-order valence-electron chi connectivity index (χ0n) is 15.0. The van der Waals surface area contributed by atoms with Gasteiger partial charge in [0.2, 0.25) is 10.0 Å². The van der Waals surface area contributed by atoms with Gasteiger partial charge in [0.15, 0.2) is 0 Å². The van der Waals surface area contributed by atoms with Gasteiger partial charge in [-0.25, -0.2) is 17.9 Å². The second-order valence-electron chi connectivity index (χ2n) is 6.81. The van der Waals surface area contributed by atoms with Crippen LogP contribution in [0.1, 0.15) is 41.8 Å². The molecule has 2 heterocycles. The number of rotatable bonds is 6. The molecule has 1 aliphatic carbocycles. The predicted octanol–water partition coefficient (Wildman–Crippen LogP) is 1.85. The molecule has 0 aromatic carbocycles. The van der Waals surface area contributed by atoms with Crippen molar-refractivity contribution in [2.75, 3.05) is 40.0 Å². The zero-order chi connectivity index (χ0) is 18.6. The molecule has 0 bridgehead atoms. The van der Waals surface area contributed by atoms with Crippen molar-refractivity contribution in [2.45, 2.75) is 42.5 Å². The van der Waals surface area contributed by atoms with E-state index in [4.69, 9.17) is 9.47 Å². The normalized spacial score (nSPS) is 21.4. The van der Waals surface area contributed by atoms with Gasteiger partial charge in [-0.15, -0.1) is 11.3 Å². The van der Waals surface area contributed by atoms with Crippen LogP contribution in [0.25, 0.3) is 0 Å². The lowest BCUT2D eigenvalue weighted by Gasteiger charge is -2.48. The van der Waals surface area contributed by atoms with Crippen LogP contribution in [-0.4, -0.2) is 64.8 Å². The number of hydrogen-bond donors (Lipinski definition) is 1. The van der Waals surface area contributed by atoms with E-state index in [1.165, 1.54) is 19.6 Å². The summed E-state index contributed by atoms with van der Waals surface area (Å²) in [5, 5.41) is 1.60. The maximum atomic E-state index is 12.8. The van der Waals surface area contributed by atoms with Crippen LogP contribution in [-0.2, 0) is 19.5 Å². The fourth-order valence-electron chi connectivity index (χ4n) is 3.91. The first-order valence-electron chi connectivity index (χ1n) is 8.97. The van der Waals surface area contributed by atoms with E-state index in [9.17, 15) is 13.2 Å². The molecule has 0 spiro atoms. The fraction of sp³-hybridized carbons (Fsp3) is 0.706. The molecule has 146 valence electrons. The van der Waals surface area contributed by atoms with Crippen LogP contribution in [0.3, 0.4) is 0 Å². The van der Waals surface area contributed by atoms with Gasteiger partial charge in [0.1, 0.15) is 9.77 Å². The lowest BCUT2D eigenvalue weighted by atomic mass is 9.80. The maximum absolute atomic E-state index is 12.8. The number of nitrogens with zero attached hydrogens (tertiary/aromatic N) is 1. The summed E-state index contributed by atoms with van der Waals surface area (Å²) in [7, 11) is -2.53. The Bertz CT molecular complexity index is 719. The van der Waals surface area contributed by atoms with Crippen molar-refractivity contribution in [3.8, 4) is 0 Å². The number of thiophene rings is 1. The van der Waals surface area contributed by atoms with Crippen molar-refractivity contribution in [1.82, 2.24) is 9.62 Å². The number of nitrogens with one attached hydrogen (secondary N) is 1. The summed E-state index contributed by atoms with van der Waals surface area (Å²) in [6.45, 7) is 3.38. The number of morpholine rings is 1. The van der Waals surface area contributed by atoms with Crippen molar-refractivity contribution in [2.24, 2.45) is 0 Å². The summed E-state index contributed by atoms with van der Waals surface area (Å²) < 4.78 is 38.6. The molecular formula is C17H26N2O5S2. The second-order valence-corrected chi connectivity index (χ2v) is 9.47. The van der Waals surface area contributed by atoms with Gasteiger partial charge in [0, 0.05) is 25.2 Å². The van der Waals surface area contributed by atoms with Crippen LogP contribution >= 0.6 is 11.3 Å². The minimum Gasteiger partial charge on any atom is -0.465 e. The van der Waals surface area contributed by atoms with Gasteiger partial charge in [-0.1, -0.05) is 19.3 Å². The summed E-state index contributed by atoms with van der Waals surface area (Å²) in [6.07, 6.45) is 5.35. The summed E-state index contributed by atoms with van der Waals surface area (Å²) in [4.78, 5) is 14.3. The number of sulfonamides is 1. The molecule has 0 unspecified atom stereocenters. The van der Waals surface area contributed by atoms with E-state index in [-0.39, 0.29) is 15.3 Å². The number of methoxy groups -OCH3 is 1. The summed E-state index contributed by atoms with van der Waals surface area (Å²) in [6, 6.07) is 1.46. The largest absolute Gasteiger partial charge is 0.465 e. The molecule has 1 aromatic heterocycles. The third kappa shape index (κ3) is 4.12. The van der Waals surface area contributed by atoms with Gasteiger partial charge < -0.3 is 9.47 Å². The number of carbonyl (C=O) groups excluding carboxylic acids is 1. The van der Waals surface area contributed by atoms with Gasteiger partial charge in [-0.3, -0.25) is 4.90 Å². The first-order valence-corrected chi connectivity index (χ1v) is 11.3. The number of ether oxygens (including phenoxy) is 2. The Morgan fingerprint density at radius 3 is 2.65 bits per heavy atom. The highest BCUT2D eigenvalue weighted by Crippen LogP contribution is 2.34. The summed E-state index contributed by atoms with van der Waals surface area (Å²) in [5.41, 5.74) is -0.170. The minimum absolute atomic E-state index is 0.00212. The van der Waals surface area contributed by atoms with E-state index in [2.05, 4.69) is 9.62 Å². The van der Waals surface area contributed by atoms with Gasteiger partial charge in [-0.2, -0.15) is 0 Å². The van der Waals surface area contributed by atoms with Crippen molar-refractivity contribution in [1.29, 1.82) is 0 Å². The third-order valence-electron chi connectivity index (χ3n) is 5.35. The number of esters is 1. The van der Waals surface area contributed by atoms with Gasteiger partial charge in [0.25, 0.3) is 0 Å². The van der Waals surface area contributed by atoms with E-state index in [1.807, 2.05) is 0 Å². The Hall–Kier alpha value is -1.00. The molecule has 1 aliphatic heterocycles. The molecule has 0 atom stereocenters. The molecular weight excluding hydrogens is 376 g/mol. The van der Waals surface area contributed by atoms with Crippen LogP contribution in [0, 0.1) is 0 Å². The first-order chi connectivity index (χ1) is 12.5. The Kier molecular flexibility index (Phi) is 6.34. The molecule has 1 saturated heterocycles. The molecule has 26 heavy (non-hydrogen) atoms. The topological polar surface area (TPSA) is 84.9 Å². The molecule has 3 rings (SSSR count). The number of hydrogen-bond acceptors (Lipinski definition) is 7. The molecule has 0 radical (unpaired) electrons. The van der Waals surface area contributed by atoms with Crippen LogP contribution < -0.4 is 4.72 Å². The molecule has 0 amide bonds. The van der Waals surface area contributed by atoms with Crippen molar-refractivity contribution < 1.29 is 22.7 Å². The van der Waals surface area contributed by atoms with Crippen LogP contribution in [0.4, 0.5) is 0 Å². The average Bonchev–Trinajstić information content (AvgIpc) is 3.18. The van der Waals surface area contributed by atoms with Crippen molar-refractivity contribution in [3.63, 3.8) is 0 Å². The molecule has 1 saturated carbocycles. The average molecular weight is 403 g/mol. The predicted molar refractivity (Wildman–Crippen MR) is 99.1 cm³/mol. The second kappa shape index (κ2) is 8.35. The highest BCUT2D eigenvalue weighted by atomic mass is 32.2. The molecule has 1 aromatic rings. The third-order valence-corrected chi connectivity index (χ3v) is 7.81. The molecule has 7 nitrogen and oxygen atoms in total. The Morgan fingerprint density at radius 1 is 1.31 bits per heavy atom. The van der Waals surface area contributed by atoms with E-state index >= 15 is 0 Å². The summed E-state index contributed by atoms with van der Waals surface area (Å²) >= 11 is 1.08. The standard InChI is InChI=1S/C17H26N2O5S2/c1-23-16(20)15-14(5-12-25-15)26(21,22)18-13-17(6-3-2-4-7-17)19-8-10-24-11-9-19/h5,12,18H,2-4,6-11,13H2,1H3. The van der Waals surface area contributed by atoms with Crippen LogP contribution in [0.2, 0.25) is 0 Å². The highest BCUT2D eigenvalue weighted by molar-refractivity contribution is 7.89. The van der Waals surface area contributed by atoms with Gasteiger partial charge in [0.05, 0.1) is 20.3 Å². The van der Waals surface area contributed by atoms with Gasteiger partial charge in [-0.05, 0) is 24.3 Å². The SMILES string of the molecule is COC(=O)c1sccc1S(=O)(=O)NCC1(N2CCOCC2)CCCCC1. The van der Waals surface area contributed by atoms with E-state index in [0.717, 1.165) is 50.1 Å². The quantitative estimate of drug-likeness (QED) is 0.731. The Labute approximate surface area is 158 Å². The lowest BCUT2D eigenvalue weighted by molar-refractivity contribution is -0.0348. The molecule has 2 fully saturated rings. The van der Waals surface area contributed by atoms with E-state index < -0.39 is 16.0 Å². The van der Waals surface area contributed by atoms with E-state index in [1.54, 1.807) is 5.38 Å². The van der Waals surface area contributed by atoms with Crippen LogP contribution in [0.15, 0.2) is 16.3 Å². The van der Waals surface area contributed by atoms with Crippen molar-refractivity contribution in [3.05, 3.63) is 16.3 Å². The lowest BCUT2D eigenvalue weighted by Crippen LogP contribution is -2.59. The Balaban J connectivity index is 1.78. The number of carbonyl (C=O) groups is 1. The van der Waals surface area contributed by atoms with Crippen LogP contribution in [0.5, 0.6) is 0 Å². The fourth-order valence-corrected chi connectivity index (χ4v) is 6.36. The Morgan fingerprint density at radius 2 is 2.00 bits per heavy atom. The first kappa shape index (κ1) is 19.8. The minimum atomic E-state index is -3.78.